The second-order valence-corrected chi connectivity index (χ2v) is 0.706. The van der Waals surface area contributed by atoms with E-state index in [2.05, 4.69) is 4.74 Å². The number of carbonyl (C=O) groups is 2. The standard InChI is InChI=1S/C3H4O3.Ca.Mg.4H/c1-3(5)6-2-4;;;;;;/h2H,1H3;;;;;;/q;2*+2;4*-1. The Morgan fingerprint density at radius 2 is 2.12 bits per heavy atom. The first-order valence-corrected chi connectivity index (χ1v) is 1.38. The van der Waals surface area contributed by atoms with Gasteiger partial charge in [0.1, 0.15) is 0 Å². The summed E-state index contributed by atoms with van der Waals surface area (Å²) in [6.07, 6.45) is 0. The number of hydrogen-bond acceptors (Lipinski definition) is 3. The smallest absolute Gasteiger partial charge is 1.00 e. The Balaban J connectivity index is -0.00000000833. The molecule has 3 nitrogen and oxygen atoms in total. The van der Waals surface area contributed by atoms with E-state index in [1.165, 1.54) is 0 Å². The fourth-order valence-corrected chi connectivity index (χ4v) is 0.0678. The maximum Gasteiger partial charge on any atom is 2.00 e. The predicted octanol–water partition coefficient (Wildman–Crippen LogP) is -0.606. The van der Waals surface area contributed by atoms with Crippen LogP contribution in [0.15, 0.2) is 0 Å². The second-order valence-electron chi connectivity index (χ2n) is 0.706. The molecule has 0 radical (unpaired) electrons. The van der Waals surface area contributed by atoms with Crippen LogP contribution >= 0.6 is 0 Å². The Bertz CT molecular complexity index is 85.9. The fourth-order valence-electron chi connectivity index (χ4n) is 0.0678. The van der Waals surface area contributed by atoms with Crippen LogP contribution < -0.4 is 0 Å². The van der Waals surface area contributed by atoms with Gasteiger partial charge in [0.2, 0.25) is 0 Å². The molecule has 0 aromatic rings. The van der Waals surface area contributed by atoms with Crippen molar-refractivity contribution in [2.24, 2.45) is 0 Å². The van der Waals surface area contributed by atoms with Gasteiger partial charge in [-0.25, -0.2) is 0 Å². The van der Waals surface area contributed by atoms with E-state index >= 15 is 0 Å². The maximum atomic E-state index is 9.59. The molecule has 0 unspecified atom stereocenters. The summed E-state index contributed by atoms with van der Waals surface area (Å²) in [5.41, 5.74) is 0. The molecule has 0 amide bonds. The largest absolute Gasteiger partial charge is 2.00 e. The van der Waals surface area contributed by atoms with E-state index < -0.39 is 5.97 Å². The van der Waals surface area contributed by atoms with E-state index in [1.807, 2.05) is 0 Å². The number of esters is 1. The average Bonchev–Trinajstić information content (AvgIpc) is 1.35. The Kier molecular flexibility index (Phi) is 22.2. The van der Waals surface area contributed by atoms with Crippen molar-refractivity contribution < 1.29 is 20.0 Å². The topological polar surface area (TPSA) is 43.4 Å². The van der Waals surface area contributed by atoms with Crippen molar-refractivity contribution in [3.05, 3.63) is 0 Å². The number of ether oxygens (including phenoxy) is 1. The average molecular weight is 156 g/mol. The predicted molar refractivity (Wildman–Crippen MR) is 33.8 cm³/mol. The van der Waals surface area contributed by atoms with Gasteiger partial charge in [0.05, 0.1) is 0 Å². The molecule has 42 valence electrons. The molecule has 0 rings (SSSR count). The molecule has 8 heavy (non-hydrogen) atoms. The zero-order chi connectivity index (χ0) is 4.99. The fraction of sp³-hybridized carbons (Fsp3) is 0.333. The Labute approximate surface area is 99.2 Å². The normalized spacial score (nSPS) is 5.12. The van der Waals surface area contributed by atoms with Crippen molar-refractivity contribution >= 4 is 73.2 Å². The van der Waals surface area contributed by atoms with E-state index in [-0.39, 0.29) is 73.0 Å². The molecule has 0 saturated heterocycles. The molecular weight excluding hydrogens is 148 g/mol. The Hall–Kier alpha value is 1.17. The van der Waals surface area contributed by atoms with Crippen molar-refractivity contribution in [2.45, 2.75) is 6.92 Å². The van der Waals surface area contributed by atoms with Crippen molar-refractivity contribution in [2.75, 3.05) is 0 Å². The third-order valence-electron chi connectivity index (χ3n) is 0.214. The summed E-state index contributed by atoms with van der Waals surface area (Å²) in [6.45, 7) is 1.26. The summed E-state index contributed by atoms with van der Waals surface area (Å²) >= 11 is 0. The van der Waals surface area contributed by atoms with Gasteiger partial charge in [-0.15, -0.1) is 0 Å². The number of carbonyl (C=O) groups excluding carboxylic acids is 2. The van der Waals surface area contributed by atoms with E-state index in [9.17, 15) is 9.59 Å². The molecule has 0 saturated carbocycles. The Morgan fingerprint density at radius 3 is 2.12 bits per heavy atom. The van der Waals surface area contributed by atoms with Crippen LogP contribution in [0, 0.1) is 0 Å². The molecule has 0 bridgehead atoms. The molecule has 0 fully saturated rings. The van der Waals surface area contributed by atoms with Crippen LogP contribution in [0.2, 0.25) is 0 Å². The van der Waals surface area contributed by atoms with Crippen LogP contribution in [0.4, 0.5) is 0 Å². The monoisotopic (exact) mass is 156 g/mol. The van der Waals surface area contributed by atoms with Crippen molar-refractivity contribution in [1.29, 1.82) is 0 Å². The van der Waals surface area contributed by atoms with Crippen LogP contribution in [0.1, 0.15) is 12.6 Å². The van der Waals surface area contributed by atoms with Crippen LogP contribution in [-0.2, 0) is 14.3 Å². The SMILES string of the molecule is CC(=O)OC=O.[Ca+2].[H-].[H-].[H-].[H-].[Mg+2]. The van der Waals surface area contributed by atoms with E-state index in [0.717, 1.165) is 6.92 Å². The molecule has 0 aliphatic heterocycles. The second kappa shape index (κ2) is 11.0. The molecule has 0 atom stereocenters. The first kappa shape index (κ1) is 16.1. The minimum Gasteiger partial charge on any atom is -1.00 e. The minimum atomic E-state index is -0.579. The molecule has 0 aliphatic carbocycles. The van der Waals surface area contributed by atoms with Crippen LogP contribution in [0.3, 0.4) is 0 Å². The quantitative estimate of drug-likeness (QED) is 0.220. The number of rotatable bonds is 1. The summed E-state index contributed by atoms with van der Waals surface area (Å²) in [5, 5.41) is 0. The van der Waals surface area contributed by atoms with Crippen molar-refractivity contribution in [1.82, 2.24) is 0 Å². The molecule has 0 heterocycles. The molecular formula is C3H8CaMgO3. The molecule has 0 aromatic carbocycles. The van der Waals surface area contributed by atoms with Gasteiger partial charge in [0.15, 0.2) is 0 Å². The molecule has 0 N–H and O–H groups in total. The van der Waals surface area contributed by atoms with Crippen LogP contribution in [0.25, 0.3) is 0 Å². The number of hydrogen-bond donors (Lipinski definition) is 0. The van der Waals surface area contributed by atoms with Crippen LogP contribution in [-0.4, -0.2) is 73.2 Å². The van der Waals surface area contributed by atoms with Gasteiger partial charge >= 0.3 is 73.2 Å². The first-order valence-electron chi connectivity index (χ1n) is 1.38. The first-order chi connectivity index (χ1) is 2.77. The summed E-state index contributed by atoms with van der Waals surface area (Å²) in [5.74, 6) is -0.579. The minimum absolute atomic E-state index is 0. The van der Waals surface area contributed by atoms with Gasteiger partial charge in [-0.1, -0.05) is 0 Å². The molecule has 0 spiro atoms. The van der Waals surface area contributed by atoms with Gasteiger partial charge in [0, 0.05) is 6.92 Å². The third-order valence-corrected chi connectivity index (χ3v) is 0.214. The molecule has 0 aliphatic rings. The summed E-state index contributed by atoms with van der Waals surface area (Å²) in [7, 11) is 0. The van der Waals surface area contributed by atoms with Gasteiger partial charge in [0.25, 0.3) is 0 Å². The maximum absolute atomic E-state index is 9.59. The van der Waals surface area contributed by atoms with E-state index in [4.69, 9.17) is 0 Å². The molecule has 5 heteroatoms. The van der Waals surface area contributed by atoms with Crippen molar-refractivity contribution in [3.63, 3.8) is 0 Å². The summed E-state index contributed by atoms with van der Waals surface area (Å²) in [6, 6.07) is 0. The van der Waals surface area contributed by atoms with Gasteiger partial charge in [-0.2, -0.15) is 0 Å². The van der Waals surface area contributed by atoms with E-state index in [0.29, 0.717) is 0 Å². The van der Waals surface area contributed by atoms with Gasteiger partial charge in [-0.3, -0.25) is 9.59 Å². The summed E-state index contributed by atoms with van der Waals surface area (Å²) < 4.78 is 3.72. The third kappa shape index (κ3) is 15.7. The zero-order valence-electron chi connectivity index (χ0n) is 8.72. The zero-order valence-corrected chi connectivity index (χ0v) is 8.34. The van der Waals surface area contributed by atoms with Gasteiger partial charge < -0.3 is 10.4 Å². The summed E-state index contributed by atoms with van der Waals surface area (Å²) in [4.78, 5) is 18.8. The van der Waals surface area contributed by atoms with Gasteiger partial charge in [-0.05, 0) is 0 Å². The van der Waals surface area contributed by atoms with Crippen LogP contribution in [0.5, 0.6) is 0 Å². The van der Waals surface area contributed by atoms with Crippen molar-refractivity contribution in [3.8, 4) is 0 Å². The Morgan fingerprint density at radius 1 is 1.75 bits per heavy atom. The van der Waals surface area contributed by atoms with E-state index in [1.54, 1.807) is 0 Å². The molecule has 0 aromatic heterocycles.